The number of phenols is 1. The molecule has 146 valence electrons. The van der Waals surface area contributed by atoms with Crippen LogP contribution in [0.3, 0.4) is 0 Å². The molecule has 4 N–H and O–H groups in total. The molecule has 1 aliphatic rings. The minimum absolute atomic E-state index is 0.00714. The second kappa shape index (κ2) is 8.22. The zero-order valence-corrected chi connectivity index (χ0v) is 16.1. The van der Waals surface area contributed by atoms with Crippen LogP contribution >= 0.6 is 11.6 Å². The Morgan fingerprint density at radius 2 is 1.96 bits per heavy atom. The summed E-state index contributed by atoms with van der Waals surface area (Å²) in [7, 11) is 1.41. The van der Waals surface area contributed by atoms with Crippen LogP contribution in [-0.4, -0.2) is 24.2 Å². The number of hydrogen-bond donors (Lipinski definition) is 4. The maximum atomic E-state index is 12.9. The van der Waals surface area contributed by atoms with Gasteiger partial charge in [-0.15, -0.1) is 0 Å². The minimum Gasteiger partial charge on any atom is -0.503 e. The molecule has 1 aliphatic heterocycles. The number of allylic oxidation sites excluding steroid dienone is 1. The number of rotatable bonds is 5. The molecule has 7 nitrogen and oxygen atoms in total. The summed E-state index contributed by atoms with van der Waals surface area (Å²) in [5.74, 6) is -0.411. The van der Waals surface area contributed by atoms with Crippen LogP contribution in [0.5, 0.6) is 11.5 Å². The number of phenolic OH excluding ortho intramolecular Hbond substituents is 1. The van der Waals surface area contributed by atoms with Crippen molar-refractivity contribution in [3.05, 3.63) is 69.9 Å². The van der Waals surface area contributed by atoms with E-state index in [9.17, 15) is 14.7 Å². The first kappa shape index (κ1) is 19.6. The van der Waals surface area contributed by atoms with Gasteiger partial charge in [0.1, 0.15) is 0 Å². The van der Waals surface area contributed by atoms with Gasteiger partial charge in [-0.1, -0.05) is 48.0 Å². The number of methoxy groups -OCH3 is 1. The number of amides is 3. The van der Waals surface area contributed by atoms with E-state index >= 15 is 0 Å². The standard InChI is InChI=1S/C20H20ClN3O4/c1-11-15(19(26)22-10-12-6-4-3-5-7-12)17(24-20(27)23-11)13-8-9-14(28-2)18(25)16(13)21/h3-9,17,25H,10H2,1-2H3,(H,22,26)(H2,23,24,27)/t17-/m1/s1. The first-order valence-corrected chi connectivity index (χ1v) is 8.96. The Balaban J connectivity index is 1.93. The van der Waals surface area contributed by atoms with Gasteiger partial charge in [-0.3, -0.25) is 4.79 Å². The largest absolute Gasteiger partial charge is 0.503 e. The van der Waals surface area contributed by atoms with Gasteiger partial charge in [-0.25, -0.2) is 4.79 Å². The van der Waals surface area contributed by atoms with Gasteiger partial charge in [0, 0.05) is 17.8 Å². The van der Waals surface area contributed by atoms with Crippen molar-refractivity contribution in [3.8, 4) is 11.5 Å². The highest BCUT2D eigenvalue weighted by Gasteiger charge is 2.33. The SMILES string of the molecule is COc1ccc([C@H]2NC(=O)NC(C)=C2C(=O)NCc2ccccc2)c(Cl)c1O. The van der Waals surface area contributed by atoms with Crippen molar-refractivity contribution in [1.82, 2.24) is 16.0 Å². The number of urea groups is 1. The van der Waals surface area contributed by atoms with Crippen molar-refractivity contribution in [2.45, 2.75) is 19.5 Å². The first-order valence-electron chi connectivity index (χ1n) is 8.58. The predicted octanol–water partition coefficient (Wildman–Crippen LogP) is 3.00. The smallest absolute Gasteiger partial charge is 0.319 e. The molecule has 0 saturated carbocycles. The Morgan fingerprint density at radius 3 is 2.64 bits per heavy atom. The number of carbonyl (C=O) groups is 2. The number of halogens is 1. The summed E-state index contributed by atoms with van der Waals surface area (Å²) < 4.78 is 5.05. The van der Waals surface area contributed by atoms with Crippen molar-refractivity contribution in [3.63, 3.8) is 0 Å². The highest BCUT2D eigenvalue weighted by molar-refractivity contribution is 6.33. The van der Waals surface area contributed by atoms with E-state index in [1.807, 2.05) is 30.3 Å². The molecular weight excluding hydrogens is 382 g/mol. The number of nitrogens with one attached hydrogen (secondary N) is 3. The summed E-state index contributed by atoms with van der Waals surface area (Å²) in [6.45, 7) is 1.97. The fourth-order valence-electron chi connectivity index (χ4n) is 3.05. The average molecular weight is 402 g/mol. The molecule has 0 unspecified atom stereocenters. The van der Waals surface area contributed by atoms with Crippen LogP contribution in [0.25, 0.3) is 0 Å². The third-order valence-corrected chi connectivity index (χ3v) is 4.85. The van der Waals surface area contributed by atoms with Crippen molar-refractivity contribution >= 4 is 23.5 Å². The zero-order chi connectivity index (χ0) is 20.3. The second-order valence-corrected chi connectivity index (χ2v) is 6.64. The molecule has 1 atom stereocenters. The van der Waals surface area contributed by atoms with E-state index in [0.717, 1.165) is 5.56 Å². The number of hydrogen-bond acceptors (Lipinski definition) is 4. The van der Waals surface area contributed by atoms with E-state index in [0.29, 0.717) is 23.4 Å². The lowest BCUT2D eigenvalue weighted by molar-refractivity contribution is -0.118. The van der Waals surface area contributed by atoms with Gasteiger partial charge < -0.3 is 25.8 Å². The molecule has 1 heterocycles. The molecule has 0 bridgehead atoms. The molecule has 0 radical (unpaired) electrons. The molecule has 28 heavy (non-hydrogen) atoms. The summed E-state index contributed by atoms with van der Waals surface area (Å²) in [6.07, 6.45) is 0. The topological polar surface area (TPSA) is 99.7 Å². The summed E-state index contributed by atoms with van der Waals surface area (Å²) in [6, 6.07) is 11.3. The summed E-state index contributed by atoms with van der Waals surface area (Å²) in [4.78, 5) is 24.9. The fourth-order valence-corrected chi connectivity index (χ4v) is 3.32. The normalized spacial score (nSPS) is 16.2. The second-order valence-electron chi connectivity index (χ2n) is 6.26. The summed E-state index contributed by atoms with van der Waals surface area (Å²) in [5, 5.41) is 18.4. The van der Waals surface area contributed by atoms with E-state index in [1.54, 1.807) is 13.0 Å². The Kier molecular flexibility index (Phi) is 5.75. The van der Waals surface area contributed by atoms with E-state index in [-0.39, 0.29) is 22.4 Å². The quantitative estimate of drug-likeness (QED) is 0.618. The molecule has 0 spiro atoms. The Morgan fingerprint density at radius 1 is 1.25 bits per heavy atom. The van der Waals surface area contributed by atoms with E-state index in [1.165, 1.54) is 13.2 Å². The third-order valence-electron chi connectivity index (χ3n) is 4.45. The number of benzene rings is 2. The maximum Gasteiger partial charge on any atom is 0.319 e. The summed E-state index contributed by atoms with van der Waals surface area (Å²) in [5.41, 5.74) is 2.05. The van der Waals surface area contributed by atoms with Crippen molar-refractivity contribution in [2.24, 2.45) is 0 Å². The van der Waals surface area contributed by atoms with Gasteiger partial charge in [0.25, 0.3) is 5.91 Å². The first-order chi connectivity index (χ1) is 13.4. The number of aromatic hydroxyl groups is 1. The van der Waals surface area contributed by atoms with E-state index in [2.05, 4.69) is 16.0 Å². The fraction of sp³-hybridized carbons (Fsp3) is 0.200. The van der Waals surface area contributed by atoms with Crippen LogP contribution in [0.4, 0.5) is 4.79 Å². The van der Waals surface area contributed by atoms with Crippen LogP contribution < -0.4 is 20.7 Å². The lowest BCUT2D eigenvalue weighted by atomic mass is 9.94. The van der Waals surface area contributed by atoms with Gasteiger partial charge >= 0.3 is 6.03 Å². The van der Waals surface area contributed by atoms with Gasteiger partial charge in [0.2, 0.25) is 0 Å². The molecule has 0 aromatic heterocycles. The van der Waals surface area contributed by atoms with Crippen LogP contribution in [0.2, 0.25) is 5.02 Å². The molecule has 0 aliphatic carbocycles. The molecule has 2 aromatic carbocycles. The Bertz CT molecular complexity index is 944. The van der Waals surface area contributed by atoms with Crippen molar-refractivity contribution < 1.29 is 19.4 Å². The van der Waals surface area contributed by atoms with Gasteiger partial charge in [0.15, 0.2) is 11.5 Å². The van der Waals surface area contributed by atoms with Crippen molar-refractivity contribution in [1.29, 1.82) is 0 Å². The van der Waals surface area contributed by atoms with Crippen LogP contribution in [0.1, 0.15) is 24.1 Å². The third kappa shape index (κ3) is 3.89. The highest BCUT2D eigenvalue weighted by atomic mass is 35.5. The number of ether oxygens (including phenoxy) is 1. The van der Waals surface area contributed by atoms with Crippen LogP contribution in [0.15, 0.2) is 53.7 Å². The summed E-state index contributed by atoms with van der Waals surface area (Å²) >= 11 is 6.29. The minimum atomic E-state index is -0.825. The van der Waals surface area contributed by atoms with E-state index in [4.69, 9.17) is 16.3 Å². The monoisotopic (exact) mass is 401 g/mol. The van der Waals surface area contributed by atoms with Gasteiger partial charge in [-0.2, -0.15) is 0 Å². The zero-order valence-electron chi connectivity index (χ0n) is 15.4. The highest BCUT2D eigenvalue weighted by Crippen LogP contribution is 2.41. The number of carbonyl (C=O) groups excluding carboxylic acids is 2. The lowest BCUT2D eigenvalue weighted by Gasteiger charge is -2.29. The molecule has 2 aromatic rings. The van der Waals surface area contributed by atoms with Gasteiger partial charge in [-0.05, 0) is 18.6 Å². The lowest BCUT2D eigenvalue weighted by Crippen LogP contribution is -2.47. The van der Waals surface area contributed by atoms with Crippen molar-refractivity contribution in [2.75, 3.05) is 7.11 Å². The molecule has 3 amide bonds. The molecule has 0 fully saturated rings. The van der Waals surface area contributed by atoms with Crippen LogP contribution in [-0.2, 0) is 11.3 Å². The molecule has 3 rings (SSSR count). The van der Waals surface area contributed by atoms with E-state index < -0.39 is 12.1 Å². The average Bonchev–Trinajstić information content (AvgIpc) is 2.68. The molecule has 0 saturated heterocycles. The Labute approximate surface area is 167 Å². The van der Waals surface area contributed by atoms with Crippen LogP contribution in [0, 0.1) is 0 Å². The molecular formula is C20H20ClN3O4. The maximum absolute atomic E-state index is 12.9. The van der Waals surface area contributed by atoms with Gasteiger partial charge in [0.05, 0.1) is 23.7 Å². The molecule has 8 heteroatoms. The Hall–Kier alpha value is -3.19. The predicted molar refractivity (Wildman–Crippen MR) is 105 cm³/mol.